The molecule has 7 atom stereocenters. The molecule has 0 spiro atoms. The van der Waals surface area contributed by atoms with Gasteiger partial charge in [0.15, 0.2) is 6.29 Å². The Morgan fingerprint density at radius 3 is 1.49 bits per heavy atom. The van der Waals surface area contributed by atoms with Crippen molar-refractivity contribution in [3.05, 3.63) is 72.9 Å². The molecule has 1 heterocycles. The van der Waals surface area contributed by atoms with Gasteiger partial charge < -0.3 is 45.1 Å². The molecule has 0 aromatic heterocycles. The summed E-state index contributed by atoms with van der Waals surface area (Å²) < 4.78 is 16.6. The number of carbonyl (C=O) groups excluding carboxylic acids is 2. The molecule has 1 amide bonds. The van der Waals surface area contributed by atoms with E-state index in [2.05, 4.69) is 79.9 Å². The maximum Gasteiger partial charge on any atom is 0.305 e. The molecule has 1 aliphatic heterocycles. The van der Waals surface area contributed by atoms with Crippen molar-refractivity contribution in [2.24, 2.45) is 0 Å². The molecular weight excluding hydrogens is 919 g/mol. The molecule has 0 bridgehead atoms. The summed E-state index contributed by atoms with van der Waals surface area (Å²) in [6.45, 7) is 4.18. The number of esters is 1. The van der Waals surface area contributed by atoms with Crippen molar-refractivity contribution < 1.29 is 49.3 Å². The van der Waals surface area contributed by atoms with Gasteiger partial charge in [-0.1, -0.05) is 202 Å². The highest BCUT2D eigenvalue weighted by Gasteiger charge is 2.44. The quantitative estimate of drug-likeness (QED) is 0.0195. The summed E-state index contributed by atoms with van der Waals surface area (Å²) in [4.78, 5) is 25.0. The van der Waals surface area contributed by atoms with Gasteiger partial charge in [0.25, 0.3) is 0 Å². The first-order chi connectivity index (χ1) is 35.7. The fraction of sp³-hybridized carbons (Fsp3) is 0.774. The lowest BCUT2D eigenvalue weighted by atomic mass is 9.99. The molecule has 73 heavy (non-hydrogen) atoms. The molecule has 422 valence electrons. The van der Waals surface area contributed by atoms with Crippen LogP contribution in [0.2, 0.25) is 0 Å². The normalized spacial score (nSPS) is 19.5. The predicted molar refractivity (Wildman–Crippen MR) is 301 cm³/mol. The van der Waals surface area contributed by atoms with Crippen molar-refractivity contribution >= 4 is 11.9 Å². The van der Waals surface area contributed by atoms with Crippen molar-refractivity contribution in [2.45, 2.75) is 288 Å². The topological polar surface area (TPSA) is 175 Å². The Kier molecular flexibility index (Phi) is 47.8. The zero-order valence-corrected chi connectivity index (χ0v) is 46.3. The van der Waals surface area contributed by atoms with Gasteiger partial charge in [-0.25, -0.2) is 0 Å². The number of unbranched alkanes of at least 4 members (excludes halogenated alkanes) is 26. The molecule has 11 heteroatoms. The number of hydrogen-bond donors (Lipinski definition) is 6. The zero-order chi connectivity index (χ0) is 53.1. The minimum Gasteiger partial charge on any atom is -0.466 e. The average molecular weight is 1030 g/mol. The smallest absolute Gasteiger partial charge is 0.305 e. The minimum atomic E-state index is -1.58. The van der Waals surface area contributed by atoms with Gasteiger partial charge in [0, 0.05) is 12.8 Å². The Labute approximate surface area is 445 Å². The van der Waals surface area contributed by atoms with Crippen LogP contribution < -0.4 is 5.32 Å². The Morgan fingerprint density at radius 2 is 0.959 bits per heavy atom. The van der Waals surface area contributed by atoms with Crippen molar-refractivity contribution in [2.75, 3.05) is 19.8 Å². The molecule has 0 saturated carbocycles. The Hall–Kier alpha value is -2.90. The molecule has 0 aliphatic carbocycles. The lowest BCUT2D eigenvalue weighted by Crippen LogP contribution is -2.60. The van der Waals surface area contributed by atoms with Crippen LogP contribution in [0, 0.1) is 0 Å². The van der Waals surface area contributed by atoms with Crippen LogP contribution in [0.4, 0.5) is 0 Å². The Balaban J connectivity index is 2.08. The third-order valence-electron chi connectivity index (χ3n) is 13.5. The van der Waals surface area contributed by atoms with Gasteiger partial charge in [-0.05, 0) is 103 Å². The van der Waals surface area contributed by atoms with E-state index in [0.29, 0.717) is 25.9 Å². The average Bonchev–Trinajstić information content (AvgIpc) is 3.39. The number of aliphatic hydroxyl groups is 5. The maximum absolute atomic E-state index is 13.0. The SMILES string of the molecule is CCC/C=C/CC/C=C/CC/C=C/C(O)C(COC1OC(CO)C(O)C(O)C1O)NC(=O)CCCCCCCCC/C=C\C/C=C\CCCCCCCCCCCOC(=O)CCCCCCC/C=C\CCCC. The van der Waals surface area contributed by atoms with Gasteiger partial charge >= 0.3 is 5.97 Å². The number of amides is 1. The second-order valence-electron chi connectivity index (χ2n) is 20.3. The van der Waals surface area contributed by atoms with Crippen molar-refractivity contribution in [3.63, 3.8) is 0 Å². The number of carbonyl (C=O) groups is 2. The fourth-order valence-electron chi connectivity index (χ4n) is 8.72. The first-order valence-electron chi connectivity index (χ1n) is 29.7. The van der Waals surface area contributed by atoms with Crippen LogP contribution in [0.1, 0.15) is 245 Å². The van der Waals surface area contributed by atoms with Crippen molar-refractivity contribution in [1.82, 2.24) is 5.32 Å². The maximum atomic E-state index is 13.0. The number of aliphatic hydroxyl groups excluding tert-OH is 5. The molecule has 1 rings (SSSR count). The highest BCUT2D eigenvalue weighted by molar-refractivity contribution is 5.76. The summed E-state index contributed by atoms with van der Waals surface area (Å²) in [5.41, 5.74) is 0. The van der Waals surface area contributed by atoms with Crippen molar-refractivity contribution in [3.8, 4) is 0 Å². The highest BCUT2D eigenvalue weighted by atomic mass is 16.7. The molecule has 1 aliphatic rings. The lowest BCUT2D eigenvalue weighted by molar-refractivity contribution is -0.302. The second-order valence-corrected chi connectivity index (χ2v) is 20.3. The number of ether oxygens (including phenoxy) is 3. The first-order valence-corrected chi connectivity index (χ1v) is 29.7. The molecule has 0 radical (unpaired) electrons. The molecule has 0 aromatic carbocycles. The molecule has 0 aromatic rings. The second kappa shape index (κ2) is 51.2. The van der Waals surface area contributed by atoms with Gasteiger partial charge in [-0.15, -0.1) is 0 Å². The fourth-order valence-corrected chi connectivity index (χ4v) is 8.72. The van der Waals surface area contributed by atoms with E-state index in [1.54, 1.807) is 6.08 Å². The third-order valence-corrected chi connectivity index (χ3v) is 13.5. The van der Waals surface area contributed by atoms with E-state index < -0.39 is 49.5 Å². The number of allylic oxidation sites excluding steroid dienone is 11. The van der Waals surface area contributed by atoms with E-state index in [1.807, 2.05) is 6.08 Å². The molecule has 11 nitrogen and oxygen atoms in total. The number of rotatable bonds is 50. The lowest BCUT2D eigenvalue weighted by Gasteiger charge is -2.40. The van der Waals surface area contributed by atoms with Gasteiger partial charge in [0.2, 0.25) is 5.91 Å². The summed E-state index contributed by atoms with van der Waals surface area (Å²) in [5.74, 6) is -0.228. The summed E-state index contributed by atoms with van der Waals surface area (Å²) in [6, 6.07) is -0.843. The van der Waals surface area contributed by atoms with Gasteiger partial charge in [0.1, 0.15) is 24.4 Å². The van der Waals surface area contributed by atoms with Gasteiger partial charge in [-0.2, -0.15) is 0 Å². The van der Waals surface area contributed by atoms with Crippen LogP contribution in [0.3, 0.4) is 0 Å². The number of hydrogen-bond acceptors (Lipinski definition) is 10. The largest absolute Gasteiger partial charge is 0.466 e. The van der Waals surface area contributed by atoms with Crippen LogP contribution in [0.5, 0.6) is 0 Å². The van der Waals surface area contributed by atoms with E-state index in [9.17, 15) is 35.1 Å². The van der Waals surface area contributed by atoms with E-state index >= 15 is 0 Å². The van der Waals surface area contributed by atoms with Crippen LogP contribution in [0.25, 0.3) is 0 Å². The Bertz CT molecular complexity index is 1440. The summed E-state index contributed by atoms with van der Waals surface area (Å²) >= 11 is 0. The van der Waals surface area contributed by atoms with Crippen LogP contribution in [-0.2, 0) is 23.8 Å². The van der Waals surface area contributed by atoms with Crippen LogP contribution >= 0.6 is 0 Å². The molecule has 1 saturated heterocycles. The summed E-state index contributed by atoms with van der Waals surface area (Å²) in [6.07, 6.45) is 57.2. The third kappa shape index (κ3) is 41.0. The van der Waals surface area contributed by atoms with Gasteiger partial charge in [0.05, 0.1) is 32.0 Å². The van der Waals surface area contributed by atoms with Crippen LogP contribution in [0.15, 0.2) is 72.9 Å². The van der Waals surface area contributed by atoms with E-state index in [-0.39, 0.29) is 18.5 Å². The predicted octanol–water partition coefficient (Wildman–Crippen LogP) is 13.6. The molecule has 7 unspecified atom stereocenters. The summed E-state index contributed by atoms with van der Waals surface area (Å²) in [5, 5.41) is 54.2. The number of nitrogens with one attached hydrogen (secondary N) is 1. The molecular formula is C62H109NO10. The minimum absolute atomic E-state index is 0.0178. The van der Waals surface area contributed by atoms with Gasteiger partial charge in [-0.3, -0.25) is 9.59 Å². The van der Waals surface area contributed by atoms with E-state index in [4.69, 9.17) is 14.2 Å². The van der Waals surface area contributed by atoms with E-state index in [1.165, 1.54) is 109 Å². The highest BCUT2D eigenvalue weighted by Crippen LogP contribution is 2.23. The van der Waals surface area contributed by atoms with E-state index in [0.717, 1.165) is 103 Å². The molecule has 1 fully saturated rings. The zero-order valence-electron chi connectivity index (χ0n) is 46.3. The standard InChI is InChI=1S/C62H109NO10/c1-3-5-7-9-11-13-28-32-36-40-44-48-55(65)54(53-72-62-61(70)60(69)59(68)56(52-64)73-62)63-57(66)49-45-41-37-33-30-26-24-22-20-18-16-15-17-19-21-23-25-27-31-35-39-43-47-51-71-58(67)50-46-42-38-34-29-14-12-10-8-6-4-2/h7,9-10,12,15,17-18,20,28,32,44,48,54-56,59-62,64-65,68-70H,3-6,8,11,13-14,16,19,21-27,29-31,33-43,45-47,49-53H2,1-2H3,(H,63,66)/b9-7+,12-10-,17-15-,20-18-,32-28+,48-44+. The van der Waals surface area contributed by atoms with Crippen LogP contribution in [-0.4, -0.2) is 100 Å². The molecule has 6 N–H and O–H groups in total. The summed E-state index contributed by atoms with van der Waals surface area (Å²) in [7, 11) is 0. The van der Waals surface area contributed by atoms with Crippen molar-refractivity contribution in [1.29, 1.82) is 0 Å². The monoisotopic (exact) mass is 1030 g/mol. The Morgan fingerprint density at radius 1 is 0.507 bits per heavy atom. The first kappa shape index (κ1) is 68.1.